The number of nitrogens with zero attached hydrogens (tertiary/aromatic N) is 1. The second-order valence-electron chi connectivity index (χ2n) is 6.36. The Balaban J connectivity index is 2.10. The smallest absolute Gasteiger partial charge is 0.161 e. The van der Waals surface area contributed by atoms with Gasteiger partial charge in [0.1, 0.15) is 0 Å². The Kier molecular flexibility index (Phi) is 5.22. The highest BCUT2D eigenvalue weighted by atomic mass is 16.5. The molecule has 0 saturated carbocycles. The Morgan fingerprint density at radius 2 is 1.48 bits per heavy atom. The molecule has 0 aliphatic rings. The third-order valence-corrected chi connectivity index (χ3v) is 3.21. The molecule has 0 aliphatic carbocycles. The second-order valence-corrected chi connectivity index (χ2v) is 6.36. The fraction of sp³-hybridized carbons (Fsp3) is 0.250. The van der Waals surface area contributed by atoms with E-state index in [1.54, 1.807) is 19.2 Å². The quantitative estimate of drug-likeness (QED) is 0.652. The van der Waals surface area contributed by atoms with Crippen LogP contribution in [0.1, 0.15) is 37.5 Å². The van der Waals surface area contributed by atoms with Gasteiger partial charge in [-0.25, -0.2) is 0 Å². The minimum Gasteiger partial charge on any atom is -0.504 e. The van der Waals surface area contributed by atoms with Crippen molar-refractivity contribution in [1.29, 1.82) is 0 Å². The summed E-state index contributed by atoms with van der Waals surface area (Å²) in [6.07, 6.45) is 5.91. The summed E-state index contributed by atoms with van der Waals surface area (Å²) in [5.41, 5.74) is 3.10. The number of benzene rings is 2. The molecule has 0 unspecified atom stereocenters. The molecule has 0 radical (unpaired) electrons. The highest BCUT2D eigenvalue weighted by Gasteiger charge is 2.04. The zero-order valence-electron chi connectivity index (χ0n) is 14.1. The predicted octanol–water partition coefficient (Wildman–Crippen LogP) is 4.79. The van der Waals surface area contributed by atoms with Gasteiger partial charge in [0.05, 0.1) is 12.6 Å². The maximum atomic E-state index is 9.60. The predicted molar refractivity (Wildman–Crippen MR) is 97.4 cm³/mol. The van der Waals surface area contributed by atoms with Gasteiger partial charge in [0, 0.05) is 6.21 Å². The molecule has 0 heterocycles. The van der Waals surface area contributed by atoms with Crippen LogP contribution in [0.5, 0.6) is 11.5 Å². The normalized spacial score (nSPS) is 12.2. The molecule has 1 N–H and O–H groups in total. The van der Waals surface area contributed by atoms with E-state index in [1.807, 2.05) is 36.6 Å². The molecule has 2 aromatic carbocycles. The van der Waals surface area contributed by atoms with E-state index < -0.39 is 0 Å². The number of ether oxygens (including phenoxy) is 1. The van der Waals surface area contributed by atoms with Crippen LogP contribution in [0.4, 0.5) is 0 Å². The number of phenolic OH excluding ortho intramolecular Hbond substituents is 1. The summed E-state index contributed by atoms with van der Waals surface area (Å²) in [4.78, 5) is 4.50. The fourth-order valence-corrected chi connectivity index (χ4v) is 1.95. The van der Waals surface area contributed by atoms with Crippen molar-refractivity contribution in [2.24, 2.45) is 4.99 Å². The Hall–Kier alpha value is -2.55. The third kappa shape index (κ3) is 5.29. The molecule has 2 aromatic rings. The lowest BCUT2D eigenvalue weighted by atomic mass is 10.1. The van der Waals surface area contributed by atoms with Gasteiger partial charge in [-0.05, 0) is 49.6 Å². The number of hydrogen-bond donors (Lipinski definition) is 1. The van der Waals surface area contributed by atoms with E-state index in [1.165, 1.54) is 0 Å². The van der Waals surface area contributed by atoms with E-state index in [0.29, 0.717) is 5.75 Å². The lowest BCUT2D eigenvalue weighted by Gasteiger charge is -2.10. The minimum atomic E-state index is -0.0590. The first-order valence-electron chi connectivity index (χ1n) is 7.58. The zero-order valence-corrected chi connectivity index (χ0v) is 14.1. The minimum absolute atomic E-state index is 0.0590. The highest BCUT2D eigenvalue weighted by Crippen LogP contribution is 2.27. The van der Waals surface area contributed by atoms with Crippen molar-refractivity contribution >= 4 is 18.4 Å². The van der Waals surface area contributed by atoms with Crippen LogP contribution in [-0.4, -0.2) is 24.0 Å². The molecule has 0 spiro atoms. The molecule has 0 amide bonds. The van der Waals surface area contributed by atoms with E-state index in [9.17, 15) is 5.11 Å². The topological polar surface area (TPSA) is 41.8 Å². The Morgan fingerprint density at radius 1 is 0.913 bits per heavy atom. The summed E-state index contributed by atoms with van der Waals surface area (Å²) in [6.45, 7) is 6.23. The first kappa shape index (κ1) is 16.8. The van der Waals surface area contributed by atoms with Crippen LogP contribution in [0.25, 0.3) is 12.2 Å². The highest BCUT2D eigenvalue weighted by molar-refractivity contribution is 5.81. The van der Waals surface area contributed by atoms with Gasteiger partial charge in [-0.3, -0.25) is 4.99 Å². The molecule has 0 aliphatic heterocycles. The second kappa shape index (κ2) is 7.14. The number of methoxy groups -OCH3 is 1. The molecule has 0 atom stereocenters. The average molecular weight is 309 g/mol. The largest absolute Gasteiger partial charge is 0.504 e. The van der Waals surface area contributed by atoms with E-state index in [-0.39, 0.29) is 11.3 Å². The van der Waals surface area contributed by atoms with E-state index in [4.69, 9.17) is 4.74 Å². The standard InChI is InChI=1S/C20H23NO2/c1-20(2,3)21-14-17-9-6-15(7-10-17)5-8-16-11-12-18(22)19(13-16)23-4/h5-14,22H,1-4H3/b8-5+,21-14?. The van der Waals surface area contributed by atoms with Gasteiger partial charge in [-0.2, -0.15) is 0 Å². The summed E-state index contributed by atoms with van der Waals surface area (Å²) in [7, 11) is 1.54. The van der Waals surface area contributed by atoms with Gasteiger partial charge >= 0.3 is 0 Å². The van der Waals surface area contributed by atoms with Crippen molar-refractivity contribution < 1.29 is 9.84 Å². The Bertz CT molecular complexity index is 707. The molecule has 2 rings (SSSR count). The number of rotatable bonds is 4. The zero-order chi connectivity index (χ0) is 16.9. The van der Waals surface area contributed by atoms with Gasteiger partial charge in [0.2, 0.25) is 0 Å². The van der Waals surface area contributed by atoms with Crippen molar-refractivity contribution in [2.45, 2.75) is 26.3 Å². The van der Waals surface area contributed by atoms with Crippen molar-refractivity contribution in [1.82, 2.24) is 0 Å². The number of phenols is 1. The van der Waals surface area contributed by atoms with Crippen LogP contribution >= 0.6 is 0 Å². The first-order chi connectivity index (χ1) is 10.9. The van der Waals surface area contributed by atoms with E-state index in [2.05, 4.69) is 37.9 Å². The average Bonchev–Trinajstić information content (AvgIpc) is 2.52. The van der Waals surface area contributed by atoms with Gasteiger partial charge in [0.25, 0.3) is 0 Å². The molecule has 120 valence electrons. The monoisotopic (exact) mass is 309 g/mol. The van der Waals surface area contributed by atoms with Gasteiger partial charge < -0.3 is 9.84 Å². The van der Waals surface area contributed by atoms with Crippen LogP contribution < -0.4 is 4.74 Å². The molecule has 3 heteroatoms. The van der Waals surface area contributed by atoms with Gasteiger partial charge in [-0.15, -0.1) is 0 Å². The van der Waals surface area contributed by atoms with Crippen molar-refractivity contribution in [3.8, 4) is 11.5 Å². The van der Waals surface area contributed by atoms with Crippen LogP contribution in [0.3, 0.4) is 0 Å². The van der Waals surface area contributed by atoms with E-state index in [0.717, 1.165) is 16.7 Å². The Morgan fingerprint density at radius 3 is 2.09 bits per heavy atom. The molecule has 0 saturated heterocycles. The van der Waals surface area contributed by atoms with Crippen molar-refractivity contribution in [3.63, 3.8) is 0 Å². The molecule has 23 heavy (non-hydrogen) atoms. The maximum absolute atomic E-state index is 9.60. The molecule has 0 aromatic heterocycles. The number of aliphatic imine (C=N–C) groups is 1. The van der Waals surface area contributed by atoms with E-state index >= 15 is 0 Å². The number of aromatic hydroxyl groups is 1. The molecular weight excluding hydrogens is 286 g/mol. The molecular formula is C20H23NO2. The van der Waals surface area contributed by atoms with Crippen molar-refractivity contribution in [2.75, 3.05) is 7.11 Å². The lowest BCUT2D eigenvalue weighted by Crippen LogP contribution is -2.09. The lowest BCUT2D eigenvalue weighted by molar-refractivity contribution is 0.373. The Labute approximate surface area is 138 Å². The number of hydrogen-bond acceptors (Lipinski definition) is 3. The van der Waals surface area contributed by atoms with Crippen LogP contribution in [0.15, 0.2) is 47.5 Å². The summed E-state index contributed by atoms with van der Waals surface area (Å²) in [6, 6.07) is 13.5. The summed E-state index contributed by atoms with van der Waals surface area (Å²) in [5, 5.41) is 9.60. The van der Waals surface area contributed by atoms with Crippen molar-refractivity contribution in [3.05, 3.63) is 59.2 Å². The van der Waals surface area contributed by atoms with Crippen LogP contribution in [0, 0.1) is 0 Å². The summed E-state index contributed by atoms with van der Waals surface area (Å²) < 4.78 is 5.11. The maximum Gasteiger partial charge on any atom is 0.161 e. The third-order valence-electron chi connectivity index (χ3n) is 3.21. The summed E-state index contributed by atoms with van der Waals surface area (Å²) >= 11 is 0. The first-order valence-corrected chi connectivity index (χ1v) is 7.58. The van der Waals surface area contributed by atoms with Crippen LogP contribution in [-0.2, 0) is 0 Å². The SMILES string of the molecule is COc1cc(/C=C/c2ccc(C=NC(C)(C)C)cc2)ccc1O. The summed E-state index contributed by atoms with van der Waals surface area (Å²) in [5.74, 6) is 0.619. The molecule has 0 fully saturated rings. The van der Waals surface area contributed by atoms with Gasteiger partial charge in [0.15, 0.2) is 11.5 Å². The molecule has 0 bridgehead atoms. The van der Waals surface area contributed by atoms with Gasteiger partial charge in [-0.1, -0.05) is 42.5 Å². The molecule has 3 nitrogen and oxygen atoms in total. The van der Waals surface area contributed by atoms with Crippen LogP contribution in [0.2, 0.25) is 0 Å². The fourth-order valence-electron chi connectivity index (χ4n) is 1.95.